The largest absolute Gasteiger partial charge is 0.312 e. The van der Waals surface area contributed by atoms with Crippen LogP contribution < -0.4 is 4.72 Å². The van der Waals surface area contributed by atoms with Gasteiger partial charge >= 0.3 is 0 Å². The molecular formula is C5H9NOS. The van der Waals surface area contributed by atoms with Crippen molar-refractivity contribution in [3.63, 3.8) is 0 Å². The van der Waals surface area contributed by atoms with Crippen molar-refractivity contribution < 1.29 is 4.21 Å². The second-order valence-corrected chi connectivity index (χ2v) is 3.32. The third-order valence-electron chi connectivity index (χ3n) is 1.03. The summed E-state index contributed by atoms with van der Waals surface area (Å²) in [5.74, 6) is 0. The fourth-order valence-electron chi connectivity index (χ4n) is 0.460. The summed E-state index contributed by atoms with van der Waals surface area (Å²) in [6.45, 7) is 3.41. The first-order valence-corrected chi connectivity index (χ1v) is 3.83. The van der Waals surface area contributed by atoms with Crippen LogP contribution in [0.3, 0.4) is 0 Å². The lowest BCUT2D eigenvalue weighted by Crippen LogP contribution is -2.12. The Morgan fingerprint density at radius 3 is 2.75 bits per heavy atom. The van der Waals surface area contributed by atoms with E-state index >= 15 is 0 Å². The van der Waals surface area contributed by atoms with Crippen LogP contribution in [0.5, 0.6) is 0 Å². The molecule has 0 bridgehead atoms. The molecule has 0 heterocycles. The molecule has 0 aliphatic heterocycles. The van der Waals surface area contributed by atoms with Gasteiger partial charge < -0.3 is 4.72 Å². The number of hydrogen-bond donors (Lipinski definition) is 1. The van der Waals surface area contributed by atoms with Crippen molar-refractivity contribution in [3.8, 4) is 0 Å². The van der Waals surface area contributed by atoms with Crippen LogP contribution >= 0.6 is 0 Å². The quantitative estimate of drug-likeness (QED) is 0.595. The molecule has 1 aliphatic carbocycles. The topological polar surface area (TPSA) is 29.1 Å². The number of rotatable bonds is 3. The molecule has 46 valence electrons. The molecule has 0 aromatic rings. The zero-order chi connectivity index (χ0) is 5.98. The molecule has 1 fully saturated rings. The summed E-state index contributed by atoms with van der Waals surface area (Å²) in [6, 6.07) is 0. The van der Waals surface area contributed by atoms with Crippen LogP contribution in [0.1, 0.15) is 12.8 Å². The summed E-state index contributed by atoms with van der Waals surface area (Å²) >= 11 is 0. The van der Waals surface area contributed by atoms with Gasteiger partial charge in [0.1, 0.15) is 11.0 Å². The van der Waals surface area contributed by atoms with E-state index in [9.17, 15) is 4.21 Å². The average molecular weight is 131 g/mol. The molecule has 0 spiro atoms. The Hall–Kier alpha value is -0.310. The van der Waals surface area contributed by atoms with Crippen molar-refractivity contribution in [2.24, 2.45) is 0 Å². The predicted octanol–water partition coefficient (Wildman–Crippen LogP) is 0.546. The van der Waals surface area contributed by atoms with Gasteiger partial charge in [0, 0.05) is 6.20 Å². The van der Waals surface area contributed by atoms with Crippen molar-refractivity contribution in [1.82, 2.24) is 4.72 Å². The van der Waals surface area contributed by atoms with Gasteiger partial charge in [-0.05, 0) is 12.8 Å². The van der Waals surface area contributed by atoms with Crippen molar-refractivity contribution in [2.45, 2.75) is 18.1 Å². The molecular weight excluding hydrogens is 122 g/mol. The average Bonchev–Trinajstić information content (AvgIpc) is 2.45. The maximum atomic E-state index is 10.7. The van der Waals surface area contributed by atoms with E-state index in [1.807, 2.05) is 0 Å². The summed E-state index contributed by atoms with van der Waals surface area (Å²) in [4.78, 5) is 0. The molecule has 2 nitrogen and oxygen atoms in total. The van der Waals surface area contributed by atoms with E-state index < -0.39 is 11.0 Å². The first-order valence-electron chi connectivity index (χ1n) is 2.62. The minimum Gasteiger partial charge on any atom is -0.312 e. The third-order valence-corrected chi connectivity index (χ3v) is 2.50. The van der Waals surface area contributed by atoms with Gasteiger partial charge in [0.15, 0.2) is 0 Å². The summed E-state index contributed by atoms with van der Waals surface area (Å²) < 4.78 is 13.4. The van der Waals surface area contributed by atoms with Gasteiger partial charge in [-0.15, -0.1) is 0 Å². The second kappa shape index (κ2) is 2.31. The zero-order valence-electron chi connectivity index (χ0n) is 4.59. The summed E-state index contributed by atoms with van der Waals surface area (Å²) in [7, 11) is -0.829. The Morgan fingerprint density at radius 2 is 2.38 bits per heavy atom. The van der Waals surface area contributed by atoms with E-state index in [1.54, 1.807) is 0 Å². The van der Waals surface area contributed by atoms with Crippen LogP contribution in [0.4, 0.5) is 0 Å². The number of nitrogens with one attached hydrogen (secondary N) is 1. The molecule has 1 rings (SSSR count). The summed E-state index contributed by atoms with van der Waals surface area (Å²) in [5, 5.41) is 0.410. The van der Waals surface area contributed by atoms with Crippen LogP contribution in [-0.2, 0) is 11.0 Å². The van der Waals surface area contributed by atoms with Gasteiger partial charge in [-0.2, -0.15) is 0 Å². The highest BCUT2D eigenvalue weighted by molar-refractivity contribution is 7.84. The van der Waals surface area contributed by atoms with Gasteiger partial charge in [-0.1, -0.05) is 6.58 Å². The first-order chi connectivity index (χ1) is 3.84. The molecule has 3 heteroatoms. The molecule has 1 saturated carbocycles. The van der Waals surface area contributed by atoms with Gasteiger partial charge in [0.2, 0.25) is 0 Å². The van der Waals surface area contributed by atoms with Crippen molar-refractivity contribution >= 4 is 11.0 Å². The molecule has 0 saturated heterocycles. The summed E-state index contributed by atoms with van der Waals surface area (Å²) in [5.41, 5.74) is 0. The maximum absolute atomic E-state index is 10.7. The highest BCUT2D eigenvalue weighted by atomic mass is 32.2. The van der Waals surface area contributed by atoms with Crippen LogP contribution in [0.25, 0.3) is 0 Å². The Kier molecular flexibility index (Phi) is 1.68. The molecule has 1 N–H and O–H groups in total. The van der Waals surface area contributed by atoms with E-state index in [-0.39, 0.29) is 0 Å². The smallest absolute Gasteiger partial charge is 0.119 e. The maximum Gasteiger partial charge on any atom is 0.119 e. The first kappa shape index (κ1) is 5.82. The van der Waals surface area contributed by atoms with Gasteiger partial charge in [0.25, 0.3) is 0 Å². The third kappa shape index (κ3) is 1.33. The zero-order valence-corrected chi connectivity index (χ0v) is 5.41. The van der Waals surface area contributed by atoms with E-state index in [4.69, 9.17) is 0 Å². The van der Waals surface area contributed by atoms with E-state index in [1.165, 1.54) is 6.20 Å². The SMILES string of the molecule is C=CNS(=O)C1CC1. The minimum atomic E-state index is -0.829. The Morgan fingerprint density at radius 1 is 1.75 bits per heavy atom. The lowest BCUT2D eigenvalue weighted by Gasteiger charge is -1.93. The standard InChI is InChI=1S/C5H9NOS/c1-2-6-8(7)5-3-4-5/h2,5-6H,1,3-4H2. The summed E-state index contributed by atoms with van der Waals surface area (Å²) in [6.07, 6.45) is 3.69. The molecule has 0 aromatic heterocycles. The minimum absolute atomic E-state index is 0.410. The fourth-order valence-corrected chi connectivity index (χ4v) is 1.38. The van der Waals surface area contributed by atoms with Gasteiger partial charge in [-0.3, -0.25) is 0 Å². The Balaban J connectivity index is 2.22. The number of hydrogen-bond acceptors (Lipinski definition) is 1. The molecule has 0 radical (unpaired) electrons. The van der Waals surface area contributed by atoms with E-state index in [2.05, 4.69) is 11.3 Å². The van der Waals surface area contributed by atoms with Gasteiger partial charge in [0.05, 0.1) is 5.25 Å². The Bertz CT molecular complexity index is 120. The fraction of sp³-hybridized carbons (Fsp3) is 0.600. The molecule has 1 unspecified atom stereocenters. The molecule has 1 atom stereocenters. The highest BCUT2D eigenvalue weighted by Gasteiger charge is 2.27. The monoisotopic (exact) mass is 131 g/mol. The molecule has 0 amide bonds. The van der Waals surface area contributed by atoms with Crippen molar-refractivity contribution in [1.29, 1.82) is 0 Å². The van der Waals surface area contributed by atoms with Crippen molar-refractivity contribution in [2.75, 3.05) is 0 Å². The van der Waals surface area contributed by atoms with E-state index in [0.717, 1.165) is 12.8 Å². The van der Waals surface area contributed by atoms with Crippen molar-refractivity contribution in [3.05, 3.63) is 12.8 Å². The van der Waals surface area contributed by atoms with Crippen LogP contribution in [-0.4, -0.2) is 9.46 Å². The molecule has 1 aliphatic rings. The van der Waals surface area contributed by atoms with Crippen LogP contribution in [0.15, 0.2) is 12.8 Å². The second-order valence-electron chi connectivity index (χ2n) is 1.82. The van der Waals surface area contributed by atoms with Crippen LogP contribution in [0, 0.1) is 0 Å². The Labute approximate surface area is 51.6 Å². The lowest BCUT2D eigenvalue weighted by molar-refractivity contribution is 0.679. The highest BCUT2D eigenvalue weighted by Crippen LogP contribution is 2.24. The molecule has 0 aromatic carbocycles. The predicted molar refractivity (Wildman–Crippen MR) is 34.5 cm³/mol. The normalized spacial score (nSPS) is 22.0. The van der Waals surface area contributed by atoms with Gasteiger partial charge in [-0.25, -0.2) is 4.21 Å². The van der Waals surface area contributed by atoms with E-state index in [0.29, 0.717) is 5.25 Å². The van der Waals surface area contributed by atoms with Crippen LogP contribution in [0.2, 0.25) is 0 Å². The lowest BCUT2D eigenvalue weighted by atomic mass is 11.0. The molecule has 8 heavy (non-hydrogen) atoms.